The lowest BCUT2D eigenvalue weighted by Gasteiger charge is -2.29. The number of hydrogen-bond donors (Lipinski definition) is 1. The number of aryl methyl sites for hydroxylation is 1. The Morgan fingerprint density at radius 2 is 2.10 bits per heavy atom. The molecular formula is C18H18ClF2N5O2S. The van der Waals surface area contributed by atoms with Gasteiger partial charge < -0.3 is 14.5 Å². The Balaban J connectivity index is 1.54. The smallest absolute Gasteiger partial charge is 0.292 e. The molecule has 3 heterocycles. The molecule has 1 aliphatic carbocycles. The average Bonchev–Trinajstić information content (AvgIpc) is 3.30. The molecular weight excluding hydrogens is 424 g/mol. The van der Waals surface area contributed by atoms with Crippen molar-refractivity contribution in [2.45, 2.75) is 51.2 Å². The Kier molecular flexibility index (Phi) is 5.64. The highest BCUT2D eigenvalue weighted by atomic mass is 35.5. The topological polar surface area (TPSA) is 86.0 Å². The van der Waals surface area contributed by atoms with Crippen LogP contribution >= 0.6 is 22.9 Å². The van der Waals surface area contributed by atoms with E-state index in [4.69, 9.17) is 20.8 Å². The van der Waals surface area contributed by atoms with E-state index in [9.17, 15) is 8.78 Å². The molecule has 11 heteroatoms. The minimum Gasteiger partial charge on any atom is -0.469 e. The van der Waals surface area contributed by atoms with Gasteiger partial charge in [-0.1, -0.05) is 0 Å². The van der Waals surface area contributed by atoms with Gasteiger partial charge in [0.05, 0.1) is 6.20 Å². The first kappa shape index (κ1) is 20.0. The number of oxazole rings is 1. The standard InChI is InChI=1S/C18H18ClF2N5O2S/c1-10-9-29-16(23-10)15-25-13(24-11-2-4-18(20,21)5-3-11)6-14(26-15)27-8-12-7-22-17(19)28-12/h6-7,9,11H,2-5,8H2,1H3,(H,24,25,26). The zero-order valence-corrected chi connectivity index (χ0v) is 17.1. The minimum atomic E-state index is -2.58. The van der Waals surface area contributed by atoms with Crippen LogP contribution in [-0.4, -0.2) is 31.9 Å². The first-order chi connectivity index (χ1) is 13.9. The lowest BCUT2D eigenvalue weighted by Crippen LogP contribution is -2.32. The van der Waals surface area contributed by atoms with Crippen molar-refractivity contribution in [2.75, 3.05) is 5.32 Å². The van der Waals surface area contributed by atoms with Gasteiger partial charge in [0.15, 0.2) is 16.6 Å². The lowest BCUT2D eigenvalue weighted by molar-refractivity contribution is -0.0361. The molecule has 3 aromatic rings. The summed E-state index contributed by atoms with van der Waals surface area (Å²) < 4.78 is 37.8. The summed E-state index contributed by atoms with van der Waals surface area (Å²) in [6.07, 6.45) is 1.94. The highest BCUT2D eigenvalue weighted by Crippen LogP contribution is 2.34. The third-order valence-electron chi connectivity index (χ3n) is 4.47. The number of anilines is 1. The number of halogens is 3. The Morgan fingerprint density at radius 3 is 2.76 bits per heavy atom. The van der Waals surface area contributed by atoms with Crippen molar-refractivity contribution in [3.8, 4) is 16.7 Å². The zero-order valence-electron chi connectivity index (χ0n) is 15.5. The molecule has 154 valence electrons. The summed E-state index contributed by atoms with van der Waals surface area (Å²) in [5.74, 6) is -0.924. The van der Waals surface area contributed by atoms with Gasteiger partial charge in [-0.3, -0.25) is 0 Å². The van der Waals surface area contributed by atoms with Gasteiger partial charge in [-0.05, 0) is 31.4 Å². The van der Waals surface area contributed by atoms with Gasteiger partial charge in [-0.25, -0.2) is 23.7 Å². The van der Waals surface area contributed by atoms with E-state index in [1.807, 2.05) is 12.3 Å². The van der Waals surface area contributed by atoms with E-state index in [-0.39, 0.29) is 30.8 Å². The van der Waals surface area contributed by atoms with Crippen LogP contribution in [0.2, 0.25) is 5.35 Å². The van der Waals surface area contributed by atoms with Gasteiger partial charge in [-0.15, -0.1) is 11.3 Å². The monoisotopic (exact) mass is 441 g/mol. The van der Waals surface area contributed by atoms with Crippen LogP contribution in [0.15, 0.2) is 22.1 Å². The average molecular weight is 442 g/mol. The van der Waals surface area contributed by atoms with Crippen molar-refractivity contribution in [1.29, 1.82) is 0 Å². The highest BCUT2D eigenvalue weighted by molar-refractivity contribution is 7.13. The minimum absolute atomic E-state index is 0.0293. The van der Waals surface area contributed by atoms with Gasteiger partial charge in [0.25, 0.3) is 5.35 Å². The number of thiazole rings is 1. The number of nitrogens with one attached hydrogen (secondary N) is 1. The molecule has 7 nitrogen and oxygen atoms in total. The van der Waals surface area contributed by atoms with Crippen LogP contribution < -0.4 is 10.1 Å². The largest absolute Gasteiger partial charge is 0.469 e. The predicted octanol–water partition coefficient (Wildman–Crippen LogP) is 5.12. The molecule has 1 N–H and O–H groups in total. The van der Waals surface area contributed by atoms with Crippen molar-refractivity contribution >= 4 is 28.8 Å². The quantitative estimate of drug-likeness (QED) is 0.568. The maximum atomic E-state index is 13.4. The highest BCUT2D eigenvalue weighted by Gasteiger charge is 2.35. The van der Waals surface area contributed by atoms with Gasteiger partial charge in [0.1, 0.15) is 12.4 Å². The molecule has 0 aliphatic heterocycles. The third kappa shape index (κ3) is 5.18. The summed E-state index contributed by atoms with van der Waals surface area (Å²) in [6, 6.07) is 1.55. The van der Waals surface area contributed by atoms with E-state index < -0.39 is 5.92 Å². The molecule has 0 bridgehead atoms. The van der Waals surface area contributed by atoms with E-state index >= 15 is 0 Å². The maximum Gasteiger partial charge on any atom is 0.292 e. The van der Waals surface area contributed by atoms with Crippen molar-refractivity contribution in [3.63, 3.8) is 0 Å². The molecule has 1 fully saturated rings. The maximum absolute atomic E-state index is 13.4. The number of aromatic nitrogens is 4. The van der Waals surface area contributed by atoms with Crippen LogP contribution in [0.3, 0.4) is 0 Å². The number of nitrogens with zero attached hydrogens (tertiary/aromatic N) is 4. The van der Waals surface area contributed by atoms with Gasteiger partial charge in [0.2, 0.25) is 11.8 Å². The van der Waals surface area contributed by atoms with Crippen LogP contribution in [0.5, 0.6) is 5.88 Å². The van der Waals surface area contributed by atoms with Crippen LogP contribution in [0.4, 0.5) is 14.6 Å². The summed E-state index contributed by atoms with van der Waals surface area (Å²) in [5.41, 5.74) is 0.861. The summed E-state index contributed by atoms with van der Waals surface area (Å²) in [5, 5.41) is 5.81. The first-order valence-electron chi connectivity index (χ1n) is 9.05. The van der Waals surface area contributed by atoms with E-state index in [0.29, 0.717) is 41.1 Å². The molecule has 3 aromatic heterocycles. The predicted molar refractivity (Wildman–Crippen MR) is 105 cm³/mol. The van der Waals surface area contributed by atoms with Gasteiger partial charge in [0, 0.05) is 36.0 Å². The second-order valence-corrected chi connectivity index (χ2v) is 8.03. The first-order valence-corrected chi connectivity index (χ1v) is 10.3. The molecule has 0 atom stereocenters. The van der Waals surface area contributed by atoms with Crippen LogP contribution in [-0.2, 0) is 6.61 Å². The Bertz CT molecular complexity index is 986. The normalized spacial score (nSPS) is 16.7. The second-order valence-electron chi connectivity index (χ2n) is 6.85. The fraction of sp³-hybridized carbons (Fsp3) is 0.444. The Morgan fingerprint density at radius 1 is 1.31 bits per heavy atom. The summed E-state index contributed by atoms with van der Waals surface area (Å²) in [4.78, 5) is 17.1. The molecule has 1 aliphatic rings. The van der Waals surface area contributed by atoms with E-state index in [1.54, 1.807) is 6.07 Å². The molecule has 0 aromatic carbocycles. The van der Waals surface area contributed by atoms with Crippen molar-refractivity contribution in [1.82, 2.24) is 19.9 Å². The van der Waals surface area contributed by atoms with Crippen molar-refractivity contribution in [3.05, 3.63) is 34.4 Å². The SMILES string of the molecule is Cc1csc(-c2nc(NC3CCC(F)(F)CC3)cc(OCc3cnc(Cl)o3)n2)n1. The fourth-order valence-electron chi connectivity index (χ4n) is 3.01. The second kappa shape index (κ2) is 8.19. The zero-order chi connectivity index (χ0) is 20.4. The Hall–Kier alpha value is -2.33. The Labute approximate surface area is 174 Å². The molecule has 0 unspecified atom stereocenters. The number of ether oxygens (including phenoxy) is 1. The molecule has 29 heavy (non-hydrogen) atoms. The molecule has 1 saturated carbocycles. The molecule has 0 radical (unpaired) electrons. The van der Waals surface area contributed by atoms with E-state index in [2.05, 4.69) is 25.3 Å². The lowest BCUT2D eigenvalue weighted by atomic mass is 9.92. The summed E-state index contributed by atoms with van der Waals surface area (Å²) in [6.45, 7) is 1.97. The van der Waals surface area contributed by atoms with Crippen LogP contribution in [0, 0.1) is 6.92 Å². The van der Waals surface area contributed by atoms with Gasteiger partial charge >= 0.3 is 0 Å². The number of rotatable bonds is 6. The fourth-order valence-corrected chi connectivity index (χ4v) is 3.89. The molecule has 4 rings (SSSR count). The summed E-state index contributed by atoms with van der Waals surface area (Å²) >= 11 is 7.09. The van der Waals surface area contributed by atoms with E-state index in [0.717, 1.165) is 5.69 Å². The van der Waals surface area contributed by atoms with Gasteiger partial charge in [-0.2, -0.15) is 4.98 Å². The number of hydrogen-bond acceptors (Lipinski definition) is 8. The van der Waals surface area contributed by atoms with Crippen molar-refractivity contribution in [2.24, 2.45) is 0 Å². The van der Waals surface area contributed by atoms with Crippen molar-refractivity contribution < 1.29 is 17.9 Å². The third-order valence-corrected chi connectivity index (χ3v) is 5.60. The summed E-state index contributed by atoms with van der Waals surface area (Å²) in [7, 11) is 0. The number of alkyl halides is 2. The van der Waals surface area contributed by atoms with E-state index in [1.165, 1.54) is 17.5 Å². The molecule has 0 amide bonds. The van der Waals surface area contributed by atoms with Crippen LogP contribution in [0.1, 0.15) is 37.1 Å². The molecule has 0 saturated heterocycles. The molecule has 0 spiro atoms. The van der Waals surface area contributed by atoms with Crippen LogP contribution in [0.25, 0.3) is 10.8 Å².